The lowest BCUT2D eigenvalue weighted by Crippen LogP contribution is -2.35. The standard InChI is InChI=1S/C13H18ClN3O3S/c1-8(4-5-21-3)16(2)13(18)9-6-10(14)12(15)11(7-9)17(19)20/h6-8H,4-5,15H2,1-3H3. The van der Waals surface area contributed by atoms with Crippen LogP contribution in [0.2, 0.25) is 5.02 Å². The fourth-order valence-corrected chi connectivity index (χ4v) is 2.55. The molecule has 0 aliphatic carbocycles. The van der Waals surface area contributed by atoms with Gasteiger partial charge < -0.3 is 10.6 Å². The number of amides is 1. The van der Waals surface area contributed by atoms with E-state index in [4.69, 9.17) is 17.3 Å². The predicted octanol–water partition coefficient (Wildman–Crippen LogP) is 3.04. The molecule has 0 heterocycles. The smallest absolute Gasteiger partial charge is 0.294 e. The topological polar surface area (TPSA) is 89.5 Å². The van der Waals surface area contributed by atoms with E-state index in [2.05, 4.69) is 0 Å². The molecule has 116 valence electrons. The van der Waals surface area contributed by atoms with Crippen molar-refractivity contribution in [3.8, 4) is 0 Å². The van der Waals surface area contributed by atoms with Crippen LogP contribution in [0.15, 0.2) is 12.1 Å². The number of nitro groups is 1. The second kappa shape index (κ2) is 7.51. The lowest BCUT2D eigenvalue weighted by atomic mass is 10.1. The molecule has 0 aromatic heterocycles. The van der Waals surface area contributed by atoms with Crippen molar-refractivity contribution in [2.45, 2.75) is 19.4 Å². The molecule has 0 radical (unpaired) electrons. The fourth-order valence-electron chi connectivity index (χ4n) is 1.76. The van der Waals surface area contributed by atoms with Crippen molar-refractivity contribution >= 4 is 40.6 Å². The van der Waals surface area contributed by atoms with Gasteiger partial charge in [0.25, 0.3) is 11.6 Å². The van der Waals surface area contributed by atoms with Crippen LogP contribution in [0.25, 0.3) is 0 Å². The molecule has 0 saturated carbocycles. The minimum absolute atomic E-state index is 0.0118. The summed E-state index contributed by atoms with van der Waals surface area (Å²) in [5.74, 6) is 0.620. The number of hydrogen-bond donors (Lipinski definition) is 1. The summed E-state index contributed by atoms with van der Waals surface area (Å²) in [6.07, 6.45) is 2.84. The number of nitrogens with zero attached hydrogens (tertiary/aromatic N) is 2. The Balaban J connectivity index is 3.05. The van der Waals surface area contributed by atoms with Gasteiger partial charge in [0.15, 0.2) is 0 Å². The number of nitrogens with two attached hydrogens (primary N) is 1. The summed E-state index contributed by atoms with van der Waals surface area (Å²) in [4.78, 5) is 24.2. The van der Waals surface area contributed by atoms with Crippen LogP contribution in [0, 0.1) is 10.1 Å². The third kappa shape index (κ3) is 4.25. The SMILES string of the molecule is CSCCC(C)N(C)C(=O)c1cc(Cl)c(N)c([N+](=O)[O-])c1. The van der Waals surface area contributed by atoms with Crippen LogP contribution in [0.4, 0.5) is 11.4 Å². The molecule has 0 spiro atoms. The van der Waals surface area contributed by atoms with E-state index in [9.17, 15) is 14.9 Å². The molecule has 1 rings (SSSR count). The highest BCUT2D eigenvalue weighted by atomic mass is 35.5. The summed E-state index contributed by atoms with van der Waals surface area (Å²) in [6, 6.07) is 2.56. The highest BCUT2D eigenvalue weighted by Gasteiger charge is 2.23. The Labute approximate surface area is 132 Å². The number of carbonyl (C=O) groups is 1. The Bertz CT molecular complexity index is 554. The Hall–Kier alpha value is -1.47. The van der Waals surface area contributed by atoms with Crippen LogP contribution in [0.1, 0.15) is 23.7 Å². The van der Waals surface area contributed by atoms with Gasteiger partial charge in [0.05, 0.1) is 9.95 Å². The number of thioether (sulfide) groups is 1. The maximum absolute atomic E-state index is 12.4. The summed E-state index contributed by atoms with van der Waals surface area (Å²) in [6.45, 7) is 1.93. The average Bonchev–Trinajstić information content (AvgIpc) is 2.45. The van der Waals surface area contributed by atoms with Crippen LogP contribution < -0.4 is 5.73 Å². The molecule has 21 heavy (non-hydrogen) atoms. The first-order valence-corrected chi connectivity index (χ1v) is 8.06. The molecule has 1 unspecified atom stereocenters. The van der Waals surface area contributed by atoms with Crippen LogP contribution in [-0.4, -0.2) is 40.8 Å². The summed E-state index contributed by atoms with van der Waals surface area (Å²) in [5.41, 5.74) is 5.24. The van der Waals surface area contributed by atoms with Gasteiger partial charge in [-0.25, -0.2) is 0 Å². The van der Waals surface area contributed by atoms with E-state index < -0.39 is 4.92 Å². The van der Waals surface area contributed by atoms with Gasteiger partial charge >= 0.3 is 0 Å². The molecule has 0 aliphatic rings. The van der Waals surface area contributed by atoms with Crippen LogP contribution in [0.3, 0.4) is 0 Å². The second-order valence-corrected chi connectivity index (χ2v) is 6.09. The first kappa shape index (κ1) is 17.6. The van der Waals surface area contributed by atoms with Gasteiger partial charge in [-0.3, -0.25) is 14.9 Å². The van der Waals surface area contributed by atoms with Gasteiger partial charge in [-0.1, -0.05) is 11.6 Å². The molecular weight excluding hydrogens is 314 g/mol. The van der Waals surface area contributed by atoms with E-state index in [1.807, 2.05) is 13.2 Å². The lowest BCUT2D eigenvalue weighted by molar-refractivity contribution is -0.383. The summed E-state index contributed by atoms with van der Waals surface area (Å²) in [7, 11) is 1.67. The third-order valence-corrected chi connectivity index (χ3v) is 4.23. The molecule has 0 fully saturated rings. The lowest BCUT2D eigenvalue weighted by Gasteiger charge is -2.25. The summed E-state index contributed by atoms with van der Waals surface area (Å²) >= 11 is 7.57. The molecule has 0 saturated heterocycles. The second-order valence-electron chi connectivity index (χ2n) is 4.69. The predicted molar refractivity (Wildman–Crippen MR) is 87.1 cm³/mol. The Morgan fingerprint density at radius 2 is 2.19 bits per heavy atom. The van der Waals surface area contributed by atoms with E-state index in [0.29, 0.717) is 0 Å². The maximum atomic E-state index is 12.4. The van der Waals surface area contributed by atoms with Gasteiger partial charge in [0.1, 0.15) is 5.69 Å². The Kier molecular flexibility index (Phi) is 6.29. The number of nitrogen functional groups attached to an aromatic ring is 1. The molecule has 1 aromatic carbocycles. The largest absolute Gasteiger partial charge is 0.392 e. The monoisotopic (exact) mass is 331 g/mol. The van der Waals surface area contributed by atoms with E-state index >= 15 is 0 Å². The number of nitro benzene ring substituents is 1. The van der Waals surface area contributed by atoms with Crippen molar-refractivity contribution in [3.05, 3.63) is 32.8 Å². The zero-order valence-electron chi connectivity index (χ0n) is 12.1. The zero-order chi connectivity index (χ0) is 16.2. The van der Waals surface area contributed by atoms with Gasteiger partial charge in [0.2, 0.25) is 0 Å². The van der Waals surface area contributed by atoms with Crippen LogP contribution >= 0.6 is 23.4 Å². The quantitative estimate of drug-likeness (QED) is 0.491. The Morgan fingerprint density at radius 1 is 1.57 bits per heavy atom. The van der Waals surface area contributed by atoms with Gasteiger partial charge in [-0.2, -0.15) is 11.8 Å². The molecule has 0 aliphatic heterocycles. The number of benzene rings is 1. The van der Waals surface area contributed by atoms with E-state index in [-0.39, 0.29) is 33.9 Å². The molecule has 6 nitrogen and oxygen atoms in total. The minimum atomic E-state index is -0.644. The average molecular weight is 332 g/mol. The van der Waals surface area contributed by atoms with Crippen molar-refractivity contribution < 1.29 is 9.72 Å². The molecular formula is C13H18ClN3O3S. The molecule has 0 bridgehead atoms. The van der Waals surface area contributed by atoms with Gasteiger partial charge in [-0.05, 0) is 31.4 Å². The number of rotatable bonds is 6. The molecule has 1 amide bonds. The Morgan fingerprint density at radius 3 is 2.71 bits per heavy atom. The summed E-state index contributed by atoms with van der Waals surface area (Å²) < 4.78 is 0. The highest BCUT2D eigenvalue weighted by molar-refractivity contribution is 7.98. The van der Waals surface area contributed by atoms with Crippen LogP contribution in [-0.2, 0) is 0 Å². The molecule has 1 atom stereocenters. The van der Waals surface area contributed by atoms with Crippen molar-refractivity contribution in [2.24, 2.45) is 0 Å². The molecule has 8 heteroatoms. The zero-order valence-corrected chi connectivity index (χ0v) is 13.7. The van der Waals surface area contributed by atoms with Gasteiger partial charge in [-0.15, -0.1) is 0 Å². The van der Waals surface area contributed by atoms with Crippen LogP contribution in [0.5, 0.6) is 0 Å². The van der Waals surface area contributed by atoms with E-state index in [0.717, 1.165) is 12.2 Å². The third-order valence-electron chi connectivity index (χ3n) is 3.27. The molecule has 1 aromatic rings. The highest BCUT2D eigenvalue weighted by Crippen LogP contribution is 2.31. The van der Waals surface area contributed by atoms with E-state index in [1.165, 1.54) is 12.1 Å². The number of hydrogen-bond acceptors (Lipinski definition) is 5. The molecule has 2 N–H and O–H groups in total. The maximum Gasteiger partial charge on any atom is 0.294 e. The fraction of sp³-hybridized carbons (Fsp3) is 0.462. The first-order chi connectivity index (χ1) is 9.79. The van der Waals surface area contributed by atoms with Crippen molar-refractivity contribution in [1.82, 2.24) is 4.90 Å². The van der Waals surface area contributed by atoms with Crippen molar-refractivity contribution in [1.29, 1.82) is 0 Å². The first-order valence-electron chi connectivity index (χ1n) is 6.29. The van der Waals surface area contributed by atoms with Gasteiger partial charge in [0, 0.05) is 24.7 Å². The van der Waals surface area contributed by atoms with Crippen molar-refractivity contribution in [3.63, 3.8) is 0 Å². The van der Waals surface area contributed by atoms with Crippen molar-refractivity contribution in [2.75, 3.05) is 24.8 Å². The number of halogens is 1. The van der Waals surface area contributed by atoms with E-state index in [1.54, 1.807) is 23.7 Å². The number of anilines is 1. The normalized spacial score (nSPS) is 12.0. The summed E-state index contributed by atoms with van der Waals surface area (Å²) in [5, 5.41) is 10.9. The number of carbonyl (C=O) groups excluding carboxylic acids is 1. The minimum Gasteiger partial charge on any atom is -0.392 e.